The topological polar surface area (TPSA) is 52.2 Å². The molecule has 11 heavy (non-hydrogen) atoms. The predicted octanol–water partition coefficient (Wildman–Crippen LogP) is 1.05. The Bertz CT molecular complexity index is 258. The minimum Gasteiger partial charge on any atom is -0.759 e. The fourth-order valence-electron chi connectivity index (χ4n) is 0.660. The molecule has 1 aromatic carbocycles. The first kappa shape index (κ1) is 7.68. The van der Waals surface area contributed by atoms with E-state index in [4.69, 9.17) is 0 Å². The number of hydroxylamine groups is 1. The number of carbonyl (C=O) groups excluding carboxylic acids is 1. The van der Waals surface area contributed by atoms with Gasteiger partial charge in [-0.05, 0) is 24.3 Å². The highest BCUT2D eigenvalue weighted by Gasteiger charge is 1.98. The van der Waals surface area contributed by atoms with E-state index in [1.165, 1.54) is 17.6 Å². The first-order valence-corrected chi connectivity index (χ1v) is 2.92. The zero-order chi connectivity index (χ0) is 8.27. The van der Waals surface area contributed by atoms with E-state index in [2.05, 4.69) is 0 Å². The Morgan fingerprint density at radius 1 is 1.36 bits per heavy atom. The van der Waals surface area contributed by atoms with E-state index in [1.54, 1.807) is 0 Å². The first-order chi connectivity index (χ1) is 5.24. The highest BCUT2D eigenvalue weighted by Crippen LogP contribution is 2.01. The minimum atomic E-state index is -0.759. The Kier molecular flexibility index (Phi) is 2.18. The number of benzene rings is 1. The van der Waals surface area contributed by atoms with Crippen molar-refractivity contribution in [1.82, 2.24) is 5.48 Å². The third-order valence-corrected chi connectivity index (χ3v) is 1.20. The van der Waals surface area contributed by atoms with Gasteiger partial charge < -0.3 is 10.7 Å². The molecular weight excluding hydrogens is 149 g/mol. The minimum absolute atomic E-state index is 0.154. The molecule has 1 aromatic rings. The van der Waals surface area contributed by atoms with Gasteiger partial charge in [0.2, 0.25) is 5.91 Å². The molecule has 0 radical (unpaired) electrons. The Morgan fingerprint density at radius 2 is 1.91 bits per heavy atom. The number of amides is 1. The van der Waals surface area contributed by atoms with Crippen molar-refractivity contribution in [3.8, 4) is 0 Å². The number of halogens is 1. The van der Waals surface area contributed by atoms with Gasteiger partial charge in [-0.15, -0.1) is 0 Å². The summed E-state index contributed by atoms with van der Waals surface area (Å²) < 4.78 is 12.2. The molecule has 0 fully saturated rings. The maximum Gasteiger partial charge on any atom is 0.240 e. The lowest BCUT2D eigenvalue weighted by Gasteiger charge is -2.05. The van der Waals surface area contributed by atoms with Crippen molar-refractivity contribution in [2.75, 3.05) is 0 Å². The summed E-state index contributed by atoms with van der Waals surface area (Å²) in [5.74, 6) is -1.20. The second-order valence-corrected chi connectivity index (χ2v) is 1.94. The molecule has 1 rings (SSSR count). The molecule has 0 saturated heterocycles. The van der Waals surface area contributed by atoms with Gasteiger partial charge in [-0.1, -0.05) is 0 Å². The number of carbonyl (C=O) groups is 1. The number of hydrogen-bond donors (Lipinski definition) is 1. The highest BCUT2D eigenvalue weighted by molar-refractivity contribution is 5.94. The largest absolute Gasteiger partial charge is 0.759 e. The van der Waals surface area contributed by atoms with E-state index in [-0.39, 0.29) is 5.56 Å². The summed E-state index contributed by atoms with van der Waals surface area (Å²) in [5, 5.41) is 9.82. The van der Waals surface area contributed by atoms with Crippen molar-refractivity contribution >= 4 is 5.91 Å². The average Bonchev–Trinajstić information content (AvgIpc) is 2.05. The van der Waals surface area contributed by atoms with Gasteiger partial charge >= 0.3 is 0 Å². The molecule has 0 atom stereocenters. The Morgan fingerprint density at radius 3 is 2.36 bits per heavy atom. The van der Waals surface area contributed by atoms with Gasteiger partial charge in [0.25, 0.3) is 0 Å². The zero-order valence-electron chi connectivity index (χ0n) is 5.50. The van der Waals surface area contributed by atoms with Crippen LogP contribution in [0.4, 0.5) is 4.39 Å². The molecule has 0 aliphatic rings. The Labute approximate surface area is 62.4 Å². The summed E-state index contributed by atoms with van der Waals surface area (Å²) in [6.45, 7) is 0. The summed E-state index contributed by atoms with van der Waals surface area (Å²) in [5.41, 5.74) is 1.34. The van der Waals surface area contributed by atoms with Gasteiger partial charge in [-0.3, -0.25) is 4.79 Å². The van der Waals surface area contributed by atoms with Crippen molar-refractivity contribution in [1.29, 1.82) is 0 Å². The van der Waals surface area contributed by atoms with Gasteiger partial charge in [0, 0.05) is 5.56 Å². The lowest BCUT2D eigenvalue weighted by molar-refractivity contribution is 0.0970. The van der Waals surface area contributed by atoms with Gasteiger partial charge in [-0.25, -0.2) is 4.39 Å². The fraction of sp³-hybridized carbons (Fsp3) is 0. The zero-order valence-corrected chi connectivity index (χ0v) is 5.50. The summed E-state index contributed by atoms with van der Waals surface area (Å²) in [7, 11) is 0. The monoisotopic (exact) mass is 154 g/mol. The molecule has 0 bridgehead atoms. The molecule has 0 saturated carbocycles. The lowest BCUT2D eigenvalue weighted by atomic mass is 10.2. The van der Waals surface area contributed by atoms with E-state index < -0.39 is 11.7 Å². The normalized spacial score (nSPS) is 9.27. The third kappa shape index (κ3) is 1.75. The molecule has 0 aliphatic carbocycles. The predicted molar refractivity (Wildman–Crippen MR) is 37.2 cm³/mol. The maximum atomic E-state index is 12.2. The standard InChI is InChI=1S/C7H5FNO2/c8-6-3-1-5(2-4-6)7(10)9-11/h1-4H,(H-,9,10,11)/q-1. The van der Waals surface area contributed by atoms with Crippen LogP contribution in [0.15, 0.2) is 24.3 Å². The van der Waals surface area contributed by atoms with Gasteiger partial charge in [-0.2, -0.15) is 0 Å². The molecule has 58 valence electrons. The van der Waals surface area contributed by atoms with Crippen LogP contribution in [0.3, 0.4) is 0 Å². The van der Waals surface area contributed by atoms with Crippen LogP contribution in [0.2, 0.25) is 0 Å². The molecule has 4 heteroatoms. The van der Waals surface area contributed by atoms with Crippen LogP contribution in [0.5, 0.6) is 0 Å². The number of rotatable bonds is 1. The van der Waals surface area contributed by atoms with E-state index >= 15 is 0 Å². The highest BCUT2D eigenvalue weighted by atomic mass is 19.1. The molecule has 0 aliphatic heterocycles. The van der Waals surface area contributed by atoms with Crippen molar-refractivity contribution in [3.05, 3.63) is 40.9 Å². The van der Waals surface area contributed by atoms with Crippen LogP contribution in [-0.2, 0) is 0 Å². The van der Waals surface area contributed by atoms with E-state index in [1.807, 2.05) is 0 Å². The Hall–Kier alpha value is -1.42. The van der Waals surface area contributed by atoms with Crippen LogP contribution >= 0.6 is 0 Å². The van der Waals surface area contributed by atoms with Gasteiger partial charge in [0.1, 0.15) is 5.82 Å². The lowest BCUT2D eigenvalue weighted by Crippen LogP contribution is -2.15. The van der Waals surface area contributed by atoms with Gasteiger partial charge in [0.05, 0.1) is 0 Å². The third-order valence-electron chi connectivity index (χ3n) is 1.20. The molecule has 0 aromatic heterocycles. The molecule has 3 nitrogen and oxygen atoms in total. The Balaban J connectivity index is 2.90. The van der Waals surface area contributed by atoms with Crippen LogP contribution in [-0.4, -0.2) is 5.91 Å². The van der Waals surface area contributed by atoms with E-state index in [0.29, 0.717) is 0 Å². The molecule has 0 heterocycles. The van der Waals surface area contributed by atoms with Crippen molar-refractivity contribution in [2.24, 2.45) is 0 Å². The summed E-state index contributed by atoms with van der Waals surface area (Å²) in [6, 6.07) is 4.71. The maximum absolute atomic E-state index is 12.2. The van der Waals surface area contributed by atoms with E-state index in [0.717, 1.165) is 12.1 Å². The summed E-state index contributed by atoms with van der Waals surface area (Å²) in [6.07, 6.45) is 0. The van der Waals surface area contributed by atoms with Crippen LogP contribution < -0.4 is 5.48 Å². The molecule has 0 unspecified atom stereocenters. The average molecular weight is 154 g/mol. The van der Waals surface area contributed by atoms with Crippen LogP contribution in [0, 0.1) is 11.0 Å². The molecular formula is C7H5FNO2-. The van der Waals surface area contributed by atoms with Crippen molar-refractivity contribution in [3.63, 3.8) is 0 Å². The molecule has 0 spiro atoms. The molecule has 1 amide bonds. The van der Waals surface area contributed by atoms with Crippen molar-refractivity contribution in [2.45, 2.75) is 0 Å². The number of nitrogens with one attached hydrogen (secondary N) is 1. The molecule has 1 N–H and O–H groups in total. The second kappa shape index (κ2) is 3.12. The fourth-order valence-corrected chi connectivity index (χ4v) is 0.660. The van der Waals surface area contributed by atoms with Gasteiger partial charge in [0.15, 0.2) is 0 Å². The first-order valence-electron chi connectivity index (χ1n) is 2.92. The second-order valence-electron chi connectivity index (χ2n) is 1.94. The quantitative estimate of drug-likeness (QED) is 0.614. The van der Waals surface area contributed by atoms with Crippen LogP contribution in [0.1, 0.15) is 10.4 Å². The van der Waals surface area contributed by atoms with E-state index in [9.17, 15) is 14.4 Å². The summed E-state index contributed by atoms with van der Waals surface area (Å²) >= 11 is 0. The number of hydrogen-bond acceptors (Lipinski definition) is 2. The SMILES string of the molecule is O=C(N[O-])c1ccc(F)cc1. The smallest absolute Gasteiger partial charge is 0.240 e. The van der Waals surface area contributed by atoms with Crippen molar-refractivity contribution < 1.29 is 9.18 Å². The van der Waals surface area contributed by atoms with Crippen LogP contribution in [0.25, 0.3) is 0 Å². The summed E-state index contributed by atoms with van der Waals surface area (Å²) in [4.78, 5) is 10.6.